The van der Waals surface area contributed by atoms with E-state index in [0.29, 0.717) is 11.0 Å². The van der Waals surface area contributed by atoms with Crippen molar-refractivity contribution in [3.63, 3.8) is 0 Å². The van der Waals surface area contributed by atoms with E-state index in [1.807, 2.05) is 13.8 Å². The summed E-state index contributed by atoms with van der Waals surface area (Å²) in [5.74, 6) is 0.590. The van der Waals surface area contributed by atoms with E-state index >= 15 is 0 Å². The van der Waals surface area contributed by atoms with Gasteiger partial charge in [-0.15, -0.1) is 10.2 Å². The molecule has 0 spiro atoms. The first-order chi connectivity index (χ1) is 6.93. The first-order valence-electron chi connectivity index (χ1n) is 4.22. The molecule has 15 heavy (non-hydrogen) atoms. The number of nitrogens with one attached hydrogen (secondary N) is 1. The highest BCUT2D eigenvalue weighted by molar-refractivity contribution is 7.80. The fraction of sp³-hybridized carbons (Fsp3) is 0.375. The van der Waals surface area contributed by atoms with Gasteiger partial charge in [-0.2, -0.15) is 0 Å². The maximum Gasteiger partial charge on any atom is 0.184 e. The summed E-state index contributed by atoms with van der Waals surface area (Å²) in [6.45, 7) is 3.77. The molecule has 0 saturated carbocycles. The minimum Gasteiger partial charge on any atom is -0.375 e. The van der Waals surface area contributed by atoms with E-state index in [0.717, 1.165) is 11.1 Å². The summed E-state index contributed by atoms with van der Waals surface area (Å²) < 4.78 is 0. The van der Waals surface area contributed by atoms with E-state index in [4.69, 9.17) is 29.6 Å². The molecule has 0 aliphatic carbocycles. The summed E-state index contributed by atoms with van der Waals surface area (Å²) in [6.07, 6.45) is 0. The molecule has 0 aromatic carbocycles. The lowest BCUT2D eigenvalue weighted by atomic mass is 10.2. The molecule has 1 aromatic rings. The van der Waals surface area contributed by atoms with E-state index in [-0.39, 0.29) is 5.11 Å². The monoisotopic (exact) mass is 245 g/mol. The Labute approximate surface area is 98.6 Å². The Morgan fingerprint density at radius 3 is 2.53 bits per heavy atom. The SMILES string of the molecule is Cc1c(Cl)nnc(NN(C)C(N)=S)c1C. The number of hydrazine groups is 1. The number of rotatable bonds is 2. The molecule has 0 aliphatic rings. The molecule has 0 saturated heterocycles. The van der Waals surface area contributed by atoms with Crippen LogP contribution in [0.15, 0.2) is 0 Å². The lowest BCUT2D eigenvalue weighted by Crippen LogP contribution is -2.37. The zero-order chi connectivity index (χ0) is 11.6. The number of nitrogens with two attached hydrogens (primary N) is 1. The summed E-state index contributed by atoms with van der Waals surface area (Å²) in [7, 11) is 1.70. The maximum absolute atomic E-state index is 5.82. The number of hydrogen-bond acceptors (Lipinski definition) is 4. The molecular formula is C8H12ClN5S. The van der Waals surface area contributed by atoms with Crippen molar-refractivity contribution in [2.45, 2.75) is 13.8 Å². The zero-order valence-electron chi connectivity index (χ0n) is 8.71. The highest BCUT2D eigenvalue weighted by Crippen LogP contribution is 2.20. The van der Waals surface area contributed by atoms with Gasteiger partial charge in [0.25, 0.3) is 0 Å². The fourth-order valence-corrected chi connectivity index (χ4v) is 1.12. The highest BCUT2D eigenvalue weighted by Gasteiger charge is 2.09. The molecule has 0 bridgehead atoms. The zero-order valence-corrected chi connectivity index (χ0v) is 10.3. The van der Waals surface area contributed by atoms with E-state index in [1.165, 1.54) is 5.01 Å². The average Bonchev–Trinajstić information content (AvgIpc) is 2.18. The molecule has 82 valence electrons. The van der Waals surface area contributed by atoms with Crippen molar-refractivity contribution in [1.29, 1.82) is 0 Å². The van der Waals surface area contributed by atoms with E-state index in [2.05, 4.69) is 15.6 Å². The number of thiocarbonyl (C=S) groups is 1. The third-order valence-corrected chi connectivity index (χ3v) is 2.70. The number of nitrogens with zero attached hydrogens (tertiary/aromatic N) is 3. The summed E-state index contributed by atoms with van der Waals surface area (Å²) >= 11 is 10.6. The highest BCUT2D eigenvalue weighted by atomic mass is 35.5. The molecular weight excluding hydrogens is 234 g/mol. The molecule has 7 heteroatoms. The molecule has 1 heterocycles. The third kappa shape index (κ3) is 2.66. The third-order valence-electron chi connectivity index (χ3n) is 2.07. The van der Waals surface area contributed by atoms with Gasteiger partial charge in [0.2, 0.25) is 0 Å². The molecule has 3 N–H and O–H groups in total. The van der Waals surface area contributed by atoms with Crippen molar-refractivity contribution < 1.29 is 0 Å². The Kier molecular flexibility index (Phi) is 3.65. The van der Waals surface area contributed by atoms with Crippen LogP contribution in [-0.2, 0) is 0 Å². The molecule has 1 aromatic heterocycles. The molecule has 0 amide bonds. The number of aromatic nitrogens is 2. The number of halogens is 1. The van der Waals surface area contributed by atoms with Gasteiger partial charge in [-0.05, 0) is 31.6 Å². The fourth-order valence-electron chi connectivity index (χ4n) is 0.896. The second-order valence-corrected chi connectivity index (χ2v) is 3.87. The summed E-state index contributed by atoms with van der Waals surface area (Å²) in [5, 5.41) is 9.82. The van der Waals surface area contributed by atoms with Crippen molar-refractivity contribution in [2.75, 3.05) is 12.5 Å². The van der Waals surface area contributed by atoms with Gasteiger partial charge in [-0.25, -0.2) is 0 Å². The van der Waals surface area contributed by atoms with Crippen molar-refractivity contribution in [3.05, 3.63) is 16.3 Å². The normalized spacial score (nSPS) is 9.87. The van der Waals surface area contributed by atoms with Crippen molar-refractivity contribution >= 4 is 34.7 Å². The Hall–Kier alpha value is -1.14. The van der Waals surface area contributed by atoms with Gasteiger partial charge in [0.05, 0.1) is 0 Å². The van der Waals surface area contributed by atoms with E-state index < -0.39 is 0 Å². The van der Waals surface area contributed by atoms with Crippen LogP contribution in [0.3, 0.4) is 0 Å². The van der Waals surface area contributed by atoms with Gasteiger partial charge in [-0.3, -0.25) is 10.4 Å². The maximum atomic E-state index is 5.82. The van der Waals surface area contributed by atoms with Crippen LogP contribution in [0, 0.1) is 13.8 Å². The van der Waals surface area contributed by atoms with Crippen LogP contribution < -0.4 is 11.2 Å². The molecule has 0 aliphatic heterocycles. The van der Waals surface area contributed by atoms with Gasteiger partial charge >= 0.3 is 0 Å². The standard InChI is InChI=1S/C8H12ClN5S/c1-4-5(2)7(12-11-6(4)9)13-14(3)8(10)15/h1-3H3,(H2,10,15)(H,12,13). The van der Waals surface area contributed by atoms with Crippen molar-refractivity contribution in [1.82, 2.24) is 15.2 Å². The van der Waals surface area contributed by atoms with E-state index in [1.54, 1.807) is 7.05 Å². The van der Waals surface area contributed by atoms with Gasteiger partial charge in [0, 0.05) is 12.6 Å². The molecule has 0 fully saturated rings. The van der Waals surface area contributed by atoms with Gasteiger partial charge in [0.15, 0.2) is 16.1 Å². The Morgan fingerprint density at radius 1 is 1.40 bits per heavy atom. The molecule has 0 atom stereocenters. The van der Waals surface area contributed by atoms with Crippen LogP contribution in [-0.4, -0.2) is 27.4 Å². The van der Waals surface area contributed by atoms with Crippen LogP contribution in [0.5, 0.6) is 0 Å². The molecule has 1 rings (SSSR count). The smallest absolute Gasteiger partial charge is 0.184 e. The molecule has 0 unspecified atom stereocenters. The second kappa shape index (κ2) is 4.59. The first kappa shape index (κ1) is 11.9. The summed E-state index contributed by atoms with van der Waals surface area (Å²) in [5.41, 5.74) is 10.1. The van der Waals surface area contributed by atoms with Crippen LogP contribution in [0.1, 0.15) is 11.1 Å². The second-order valence-electron chi connectivity index (χ2n) is 3.10. The molecule has 5 nitrogen and oxygen atoms in total. The Balaban J connectivity index is 2.97. The Bertz CT molecular complexity index is 395. The average molecular weight is 246 g/mol. The minimum absolute atomic E-state index is 0.226. The molecule has 0 radical (unpaired) electrons. The lowest BCUT2D eigenvalue weighted by molar-refractivity contribution is 0.605. The number of hydrogen-bond donors (Lipinski definition) is 2. The summed E-state index contributed by atoms with van der Waals surface area (Å²) in [4.78, 5) is 0. The minimum atomic E-state index is 0.226. The largest absolute Gasteiger partial charge is 0.375 e. The Morgan fingerprint density at radius 2 is 2.00 bits per heavy atom. The van der Waals surface area contributed by atoms with Crippen LogP contribution in [0.25, 0.3) is 0 Å². The van der Waals surface area contributed by atoms with Gasteiger partial charge < -0.3 is 5.73 Å². The van der Waals surface area contributed by atoms with Crippen molar-refractivity contribution in [2.24, 2.45) is 5.73 Å². The van der Waals surface area contributed by atoms with Crippen LogP contribution in [0.2, 0.25) is 5.15 Å². The van der Waals surface area contributed by atoms with Crippen LogP contribution in [0.4, 0.5) is 5.82 Å². The lowest BCUT2D eigenvalue weighted by Gasteiger charge is -2.19. The quantitative estimate of drug-likeness (QED) is 0.604. The number of anilines is 1. The van der Waals surface area contributed by atoms with Gasteiger partial charge in [0.1, 0.15) is 0 Å². The topological polar surface area (TPSA) is 67.1 Å². The predicted molar refractivity (Wildman–Crippen MR) is 64.7 cm³/mol. The van der Waals surface area contributed by atoms with Crippen molar-refractivity contribution in [3.8, 4) is 0 Å². The van der Waals surface area contributed by atoms with Crippen LogP contribution >= 0.6 is 23.8 Å². The predicted octanol–water partition coefficient (Wildman–Crippen LogP) is 1.25. The summed E-state index contributed by atoms with van der Waals surface area (Å²) in [6, 6.07) is 0. The first-order valence-corrected chi connectivity index (χ1v) is 5.01. The van der Waals surface area contributed by atoms with Gasteiger partial charge in [-0.1, -0.05) is 11.6 Å². The van der Waals surface area contributed by atoms with E-state index in [9.17, 15) is 0 Å².